The van der Waals surface area contributed by atoms with Gasteiger partial charge in [0.25, 0.3) is 0 Å². The van der Waals surface area contributed by atoms with Crippen molar-refractivity contribution in [2.24, 2.45) is 17.1 Å². The number of nitrogens with two attached hydrogens (primary N) is 1. The first-order valence-electron chi connectivity index (χ1n) is 9.07. The number of benzene rings is 1. The molecule has 1 aliphatic heterocycles. The Morgan fingerprint density at radius 1 is 1.30 bits per heavy atom. The summed E-state index contributed by atoms with van der Waals surface area (Å²) in [7, 11) is 0. The van der Waals surface area contributed by atoms with Gasteiger partial charge in [0.15, 0.2) is 0 Å². The first kappa shape index (κ1) is 15.2. The Bertz CT molecular complexity index is 638. The quantitative estimate of drug-likeness (QED) is 0.867. The lowest BCUT2D eigenvalue weighted by Gasteiger charge is -2.43. The zero-order valence-electron chi connectivity index (χ0n) is 14.3. The molecule has 1 saturated carbocycles. The van der Waals surface area contributed by atoms with Crippen molar-refractivity contribution >= 4 is 5.91 Å². The molecule has 2 N–H and O–H groups in total. The predicted molar refractivity (Wildman–Crippen MR) is 92.1 cm³/mol. The molecule has 0 radical (unpaired) electrons. The number of aryl methyl sites for hydroxylation is 1. The van der Waals surface area contributed by atoms with E-state index in [2.05, 4.69) is 43.0 Å². The number of amides is 1. The van der Waals surface area contributed by atoms with Crippen LogP contribution in [0.2, 0.25) is 0 Å². The van der Waals surface area contributed by atoms with Crippen LogP contribution in [0.25, 0.3) is 0 Å². The Hall–Kier alpha value is -1.35. The van der Waals surface area contributed by atoms with Crippen LogP contribution in [0.3, 0.4) is 0 Å². The third-order valence-electron chi connectivity index (χ3n) is 6.62. The van der Waals surface area contributed by atoms with Gasteiger partial charge in [0.2, 0.25) is 5.91 Å². The van der Waals surface area contributed by atoms with Gasteiger partial charge in [-0.1, -0.05) is 38.1 Å². The molecule has 3 nitrogen and oxygen atoms in total. The predicted octanol–water partition coefficient (Wildman–Crippen LogP) is 2.87. The minimum absolute atomic E-state index is 0.0282. The molecule has 0 aromatic heterocycles. The second-order valence-electron chi connectivity index (χ2n) is 8.57. The number of carbonyl (C=O) groups is 1. The van der Waals surface area contributed by atoms with Crippen LogP contribution >= 0.6 is 0 Å². The fourth-order valence-electron chi connectivity index (χ4n) is 4.94. The zero-order valence-corrected chi connectivity index (χ0v) is 14.3. The molecule has 1 aromatic carbocycles. The van der Waals surface area contributed by atoms with Crippen LogP contribution in [0.1, 0.15) is 50.7 Å². The Morgan fingerprint density at radius 2 is 2.09 bits per heavy atom. The minimum Gasteiger partial charge on any atom is -0.342 e. The molecule has 0 bridgehead atoms. The molecule has 1 aromatic rings. The van der Waals surface area contributed by atoms with Crippen molar-refractivity contribution in [1.82, 2.24) is 4.90 Å². The van der Waals surface area contributed by atoms with Crippen LogP contribution < -0.4 is 5.73 Å². The standard InChI is InChI=1S/C20H28N2O/c1-19(2)13-22(11-9-17(19)21)18(23)16-12-20(16)10-5-7-14-6-3-4-8-15(14)20/h3-4,6,8,16-17H,5,7,9-13,21H2,1-2H3. The number of hydrogen-bond donors (Lipinski definition) is 1. The Morgan fingerprint density at radius 3 is 2.87 bits per heavy atom. The molecule has 2 fully saturated rings. The molecule has 1 spiro atoms. The van der Waals surface area contributed by atoms with Gasteiger partial charge in [0, 0.05) is 30.5 Å². The maximum atomic E-state index is 13.1. The van der Waals surface area contributed by atoms with E-state index in [4.69, 9.17) is 5.73 Å². The van der Waals surface area contributed by atoms with E-state index in [1.165, 1.54) is 30.4 Å². The Balaban J connectivity index is 1.55. The molecule has 124 valence electrons. The van der Waals surface area contributed by atoms with Crippen molar-refractivity contribution in [1.29, 1.82) is 0 Å². The molecule has 1 heterocycles. The smallest absolute Gasteiger partial charge is 0.226 e. The molecular weight excluding hydrogens is 284 g/mol. The average Bonchev–Trinajstić information content (AvgIpc) is 3.24. The molecule has 1 amide bonds. The van der Waals surface area contributed by atoms with Crippen LogP contribution in [0, 0.1) is 11.3 Å². The van der Waals surface area contributed by atoms with Gasteiger partial charge in [0.05, 0.1) is 0 Å². The van der Waals surface area contributed by atoms with E-state index in [9.17, 15) is 4.79 Å². The maximum Gasteiger partial charge on any atom is 0.226 e. The number of carbonyl (C=O) groups excluding carboxylic acids is 1. The van der Waals surface area contributed by atoms with Crippen molar-refractivity contribution in [3.05, 3.63) is 35.4 Å². The van der Waals surface area contributed by atoms with E-state index in [-0.39, 0.29) is 22.8 Å². The number of likely N-dealkylation sites (tertiary alicyclic amines) is 1. The minimum atomic E-state index is 0.0282. The van der Waals surface area contributed by atoms with Gasteiger partial charge in [-0.15, -0.1) is 0 Å². The van der Waals surface area contributed by atoms with Crippen LogP contribution in [-0.2, 0) is 16.6 Å². The molecule has 3 unspecified atom stereocenters. The molecule has 2 aliphatic carbocycles. The first-order valence-corrected chi connectivity index (χ1v) is 9.07. The van der Waals surface area contributed by atoms with Crippen LogP contribution in [0.4, 0.5) is 0 Å². The number of fused-ring (bicyclic) bond motifs is 2. The summed E-state index contributed by atoms with van der Waals surface area (Å²) < 4.78 is 0. The number of rotatable bonds is 1. The third-order valence-corrected chi connectivity index (χ3v) is 6.62. The average molecular weight is 312 g/mol. The zero-order chi connectivity index (χ0) is 16.2. The van der Waals surface area contributed by atoms with E-state index in [0.29, 0.717) is 5.91 Å². The van der Waals surface area contributed by atoms with E-state index in [1.807, 2.05) is 0 Å². The molecule has 23 heavy (non-hydrogen) atoms. The van der Waals surface area contributed by atoms with E-state index in [0.717, 1.165) is 25.9 Å². The summed E-state index contributed by atoms with van der Waals surface area (Å²) in [5.74, 6) is 0.579. The lowest BCUT2D eigenvalue weighted by Crippen LogP contribution is -2.54. The summed E-state index contributed by atoms with van der Waals surface area (Å²) in [6, 6.07) is 8.98. The van der Waals surface area contributed by atoms with Crippen molar-refractivity contribution in [3.63, 3.8) is 0 Å². The summed E-state index contributed by atoms with van der Waals surface area (Å²) in [4.78, 5) is 15.2. The summed E-state index contributed by atoms with van der Waals surface area (Å²) in [5, 5.41) is 0. The second-order valence-corrected chi connectivity index (χ2v) is 8.57. The maximum absolute atomic E-state index is 13.1. The first-order chi connectivity index (χ1) is 10.9. The van der Waals surface area contributed by atoms with Crippen molar-refractivity contribution in [3.8, 4) is 0 Å². The van der Waals surface area contributed by atoms with Crippen LogP contribution in [-0.4, -0.2) is 29.9 Å². The largest absolute Gasteiger partial charge is 0.342 e. The van der Waals surface area contributed by atoms with Crippen molar-refractivity contribution in [2.75, 3.05) is 13.1 Å². The monoisotopic (exact) mass is 312 g/mol. The highest BCUT2D eigenvalue weighted by molar-refractivity contribution is 5.85. The number of piperidine rings is 1. The fourth-order valence-corrected chi connectivity index (χ4v) is 4.94. The summed E-state index contributed by atoms with van der Waals surface area (Å²) in [6.45, 7) is 6.02. The van der Waals surface area contributed by atoms with Gasteiger partial charge in [-0.25, -0.2) is 0 Å². The lowest BCUT2D eigenvalue weighted by molar-refractivity contribution is -0.136. The van der Waals surface area contributed by atoms with Gasteiger partial charge >= 0.3 is 0 Å². The second kappa shape index (κ2) is 5.07. The molecule has 1 saturated heterocycles. The SMILES string of the molecule is CC1(C)CN(C(=O)C2CC23CCCc2ccccc23)CCC1N. The number of hydrogen-bond acceptors (Lipinski definition) is 2. The van der Waals surface area contributed by atoms with E-state index < -0.39 is 0 Å². The molecule has 3 aliphatic rings. The van der Waals surface area contributed by atoms with Gasteiger partial charge in [0.1, 0.15) is 0 Å². The van der Waals surface area contributed by atoms with Crippen molar-refractivity contribution in [2.45, 2.75) is 57.4 Å². The Kier molecular flexibility index (Phi) is 3.35. The van der Waals surface area contributed by atoms with Gasteiger partial charge in [-0.3, -0.25) is 4.79 Å². The highest BCUT2D eigenvalue weighted by Crippen LogP contribution is 2.61. The van der Waals surface area contributed by atoms with Gasteiger partial charge in [-0.05, 0) is 48.6 Å². The van der Waals surface area contributed by atoms with Crippen LogP contribution in [0.15, 0.2) is 24.3 Å². The van der Waals surface area contributed by atoms with E-state index in [1.54, 1.807) is 0 Å². The van der Waals surface area contributed by atoms with E-state index >= 15 is 0 Å². The molecule has 4 rings (SSSR count). The molecular formula is C20H28N2O. The van der Waals surface area contributed by atoms with Crippen LogP contribution in [0.5, 0.6) is 0 Å². The normalized spacial score (nSPS) is 35.0. The molecule has 3 heteroatoms. The topological polar surface area (TPSA) is 46.3 Å². The highest BCUT2D eigenvalue weighted by Gasteiger charge is 2.61. The van der Waals surface area contributed by atoms with Crippen molar-refractivity contribution < 1.29 is 4.79 Å². The fraction of sp³-hybridized carbons (Fsp3) is 0.650. The summed E-state index contributed by atoms with van der Waals surface area (Å²) >= 11 is 0. The Labute approximate surface area is 139 Å². The van der Waals surface area contributed by atoms with Gasteiger partial charge in [-0.2, -0.15) is 0 Å². The third kappa shape index (κ3) is 2.32. The summed E-state index contributed by atoms with van der Waals surface area (Å²) in [6.07, 6.45) is 5.54. The molecule has 3 atom stereocenters. The summed E-state index contributed by atoms with van der Waals surface area (Å²) in [5.41, 5.74) is 9.33. The van der Waals surface area contributed by atoms with Gasteiger partial charge < -0.3 is 10.6 Å². The number of nitrogens with zero attached hydrogens (tertiary/aromatic N) is 1. The lowest BCUT2D eigenvalue weighted by atomic mass is 9.77. The highest BCUT2D eigenvalue weighted by atomic mass is 16.2.